The SMILES string of the molecule is O=C(Cc1ccccc1)N1CC[C@@]2(C[C@H](OCc3ccccc3)CO2)C1. The highest BCUT2D eigenvalue weighted by Crippen LogP contribution is 2.36. The number of likely N-dealkylation sites (tertiary alicyclic amines) is 1. The standard InChI is InChI=1S/C22H25NO3/c24-21(13-18-7-3-1-4-8-18)23-12-11-22(17-23)14-20(16-26-22)25-15-19-9-5-2-6-10-19/h1-10,20H,11-17H2/t20-,22+/m0/s1. The molecule has 0 aromatic heterocycles. The molecule has 2 atom stereocenters. The van der Waals surface area contributed by atoms with Crippen molar-refractivity contribution < 1.29 is 14.3 Å². The number of amides is 1. The maximum atomic E-state index is 12.6. The van der Waals surface area contributed by atoms with Crippen molar-refractivity contribution in [2.24, 2.45) is 0 Å². The van der Waals surface area contributed by atoms with Crippen molar-refractivity contribution >= 4 is 5.91 Å². The van der Waals surface area contributed by atoms with E-state index in [1.807, 2.05) is 53.4 Å². The number of benzene rings is 2. The summed E-state index contributed by atoms with van der Waals surface area (Å²) in [6, 6.07) is 20.1. The predicted octanol–water partition coefficient (Wildman–Crippen LogP) is 3.21. The van der Waals surface area contributed by atoms with Crippen molar-refractivity contribution in [2.45, 2.75) is 37.6 Å². The van der Waals surface area contributed by atoms with Crippen molar-refractivity contribution in [3.8, 4) is 0 Å². The molecule has 2 aliphatic heterocycles. The number of carbonyl (C=O) groups is 1. The summed E-state index contributed by atoms with van der Waals surface area (Å²) in [6.07, 6.45) is 2.35. The molecule has 1 amide bonds. The normalized spacial score (nSPS) is 25.1. The molecule has 1 spiro atoms. The van der Waals surface area contributed by atoms with Gasteiger partial charge in [-0.3, -0.25) is 4.79 Å². The molecule has 0 N–H and O–H groups in total. The maximum Gasteiger partial charge on any atom is 0.227 e. The summed E-state index contributed by atoms with van der Waals surface area (Å²) in [6.45, 7) is 2.69. The van der Waals surface area contributed by atoms with Crippen LogP contribution < -0.4 is 0 Å². The molecule has 2 heterocycles. The summed E-state index contributed by atoms with van der Waals surface area (Å²) in [4.78, 5) is 14.5. The van der Waals surface area contributed by atoms with Crippen LogP contribution in [0.15, 0.2) is 60.7 Å². The fourth-order valence-corrected chi connectivity index (χ4v) is 3.92. The van der Waals surface area contributed by atoms with Gasteiger partial charge in [-0.2, -0.15) is 0 Å². The largest absolute Gasteiger partial charge is 0.371 e. The van der Waals surface area contributed by atoms with Gasteiger partial charge in [0.1, 0.15) is 0 Å². The zero-order valence-corrected chi connectivity index (χ0v) is 15.0. The molecule has 4 nitrogen and oxygen atoms in total. The third-order valence-electron chi connectivity index (χ3n) is 5.37. The minimum Gasteiger partial charge on any atom is -0.371 e. The van der Waals surface area contributed by atoms with Gasteiger partial charge >= 0.3 is 0 Å². The summed E-state index contributed by atoms with van der Waals surface area (Å²) in [5.74, 6) is 0.185. The number of rotatable bonds is 5. The highest BCUT2D eigenvalue weighted by atomic mass is 16.6. The molecule has 0 bridgehead atoms. The molecule has 26 heavy (non-hydrogen) atoms. The monoisotopic (exact) mass is 351 g/mol. The fourth-order valence-electron chi connectivity index (χ4n) is 3.92. The predicted molar refractivity (Wildman–Crippen MR) is 99.7 cm³/mol. The molecule has 2 aromatic carbocycles. The van der Waals surface area contributed by atoms with Crippen LogP contribution in [0.1, 0.15) is 24.0 Å². The van der Waals surface area contributed by atoms with Gasteiger partial charge in [0.25, 0.3) is 0 Å². The molecule has 2 aliphatic rings. The van der Waals surface area contributed by atoms with Gasteiger partial charge in [0, 0.05) is 19.5 Å². The Morgan fingerprint density at radius 3 is 2.50 bits per heavy atom. The van der Waals surface area contributed by atoms with Crippen LogP contribution in [0.5, 0.6) is 0 Å². The van der Waals surface area contributed by atoms with Crippen LogP contribution in [0, 0.1) is 0 Å². The summed E-state index contributed by atoms with van der Waals surface area (Å²) >= 11 is 0. The van der Waals surface area contributed by atoms with Gasteiger partial charge in [-0.05, 0) is 17.5 Å². The van der Waals surface area contributed by atoms with E-state index in [1.165, 1.54) is 5.56 Å². The second kappa shape index (κ2) is 7.60. The fraction of sp³-hybridized carbons (Fsp3) is 0.409. The van der Waals surface area contributed by atoms with Gasteiger partial charge in [-0.25, -0.2) is 0 Å². The van der Waals surface area contributed by atoms with Gasteiger partial charge in [0.15, 0.2) is 0 Å². The van der Waals surface area contributed by atoms with Crippen molar-refractivity contribution in [3.63, 3.8) is 0 Å². The Labute approximate surface area is 154 Å². The summed E-state index contributed by atoms with van der Waals surface area (Å²) in [5, 5.41) is 0. The highest BCUT2D eigenvalue weighted by molar-refractivity contribution is 5.79. The molecule has 2 aromatic rings. The molecule has 4 heteroatoms. The number of hydrogen-bond donors (Lipinski definition) is 0. The molecular formula is C22H25NO3. The molecule has 2 fully saturated rings. The molecule has 2 saturated heterocycles. The van der Waals surface area contributed by atoms with E-state index in [-0.39, 0.29) is 17.6 Å². The van der Waals surface area contributed by atoms with Crippen molar-refractivity contribution in [1.82, 2.24) is 4.90 Å². The molecule has 4 rings (SSSR count). The van der Waals surface area contributed by atoms with E-state index in [9.17, 15) is 4.79 Å². The maximum absolute atomic E-state index is 12.6. The summed E-state index contributed by atoms with van der Waals surface area (Å²) in [5.41, 5.74) is 2.03. The Kier molecular flexibility index (Phi) is 5.05. The Balaban J connectivity index is 1.28. The number of carbonyl (C=O) groups excluding carboxylic acids is 1. The van der Waals surface area contributed by atoms with Gasteiger partial charge < -0.3 is 14.4 Å². The lowest BCUT2D eigenvalue weighted by atomic mass is 9.98. The van der Waals surface area contributed by atoms with Gasteiger partial charge in [-0.1, -0.05) is 60.7 Å². The van der Waals surface area contributed by atoms with Crippen LogP contribution in [-0.2, 0) is 27.3 Å². The quantitative estimate of drug-likeness (QED) is 0.830. The number of nitrogens with zero attached hydrogens (tertiary/aromatic N) is 1. The van der Waals surface area contributed by atoms with E-state index in [0.29, 0.717) is 26.2 Å². The van der Waals surface area contributed by atoms with Crippen molar-refractivity contribution in [1.29, 1.82) is 0 Å². The number of hydrogen-bond acceptors (Lipinski definition) is 3. The molecule has 136 valence electrons. The smallest absolute Gasteiger partial charge is 0.227 e. The third kappa shape index (κ3) is 3.97. The topological polar surface area (TPSA) is 38.8 Å². The van der Waals surface area contributed by atoms with E-state index in [0.717, 1.165) is 24.9 Å². The summed E-state index contributed by atoms with van der Waals surface area (Å²) in [7, 11) is 0. The Hall–Kier alpha value is -2.17. The first kappa shape index (κ1) is 17.3. The second-order valence-electron chi connectivity index (χ2n) is 7.34. The van der Waals surface area contributed by atoms with E-state index in [2.05, 4.69) is 12.1 Å². The highest BCUT2D eigenvalue weighted by Gasteiger charge is 2.47. The van der Waals surface area contributed by atoms with E-state index >= 15 is 0 Å². The van der Waals surface area contributed by atoms with E-state index in [4.69, 9.17) is 9.47 Å². The molecular weight excluding hydrogens is 326 g/mol. The third-order valence-corrected chi connectivity index (χ3v) is 5.37. The molecule has 0 saturated carbocycles. The first-order valence-corrected chi connectivity index (χ1v) is 9.34. The minimum atomic E-state index is -0.215. The van der Waals surface area contributed by atoms with Gasteiger partial charge in [0.05, 0.1) is 31.3 Å². The van der Waals surface area contributed by atoms with Gasteiger partial charge in [-0.15, -0.1) is 0 Å². The number of ether oxygens (including phenoxy) is 2. The van der Waals surface area contributed by atoms with Crippen LogP contribution in [0.25, 0.3) is 0 Å². The van der Waals surface area contributed by atoms with Crippen LogP contribution in [-0.4, -0.2) is 42.2 Å². The molecule has 0 unspecified atom stereocenters. The summed E-state index contributed by atoms with van der Waals surface area (Å²) < 4.78 is 12.2. The van der Waals surface area contributed by atoms with E-state index < -0.39 is 0 Å². The van der Waals surface area contributed by atoms with Crippen LogP contribution >= 0.6 is 0 Å². The molecule has 0 radical (unpaired) electrons. The molecule has 0 aliphatic carbocycles. The van der Waals surface area contributed by atoms with Crippen LogP contribution in [0.4, 0.5) is 0 Å². The van der Waals surface area contributed by atoms with Gasteiger partial charge in [0.2, 0.25) is 5.91 Å². The Morgan fingerprint density at radius 1 is 1.08 bits per heavy atom. The van der Waals surface area contributed by atoms with E-state index in [1.54, 1.807) is 0 Å². The second-order valence-corrected chi connectivity index (χ2v) is 7.34. The lowest BCUT2D eigenvalue weighted by Crippen LogP contribution is -2.36. The average molecular weight is 351 g/mol. The first-order valence-electron chi connectivity index (χ1n) is 9.34. The lowest BCUT2D eigenvalue weighted by Gasteiger charge is -2.23. The lowest BCUT2D eigenvalue weighted by molar-refractivity contribution is -0.130. The van der Waals surface area contributed by atoms with Crippen LogP contribution in [0.3, 0.4) is 0 Å². The van der Waals surface area contributed by atoms with Crippen molar-refractivity contribution in [2.75, 3.05) is 19.7 Å². The minimum absolute atomic E-state index is 0.111. The Morgan fingerprint density at radius 2 is 1.77 bits per heavy atom. The Bertz CT molecular complexity index is 734. The average Bonchev–Trinajstić information content (AvgIpc) is 3.29. The van der Waals surface area contributed by atoms with Crippen LogP contribution in [0.2, 0.25) is 0 Å². The zero-order valence-electron chi connectivity index (χ0n) is 15.0. The first-order chi connectivity index (χ1) is 12.7. The zero-order chi connectivity index (χ0) is 17.8. The van der Waals surface area contributed by atoms with Crippen molar-refractivity contribution in [3.05, 3.63) is 71.8 Å².